The third-order valence-corrected chi connectivity index (χ3v) is 7.41. The maximum Gasteiger partial charge on any atom is 0.407 e. The van der Waals surface area contributed by atoms with Crippen molar-refractivity contribution in [1.82, 2.24) is 24.3 Å². The number of para-hydroxylation sites is 1. The highest BCUT2D eigenvalue weighted by molar-refractivity contribution is 5.66. The Hall–Kier alpha value is -4.19. The molecule has 2 N–H and O–H groups in total. The number of aromatic nitrogens is 4. The molecule has 1 aliphatic rings. The second kappa shape index (κ2) is 11.7. The number of ether oxygens (including phenoxy) is 1. The minimum Gasteiger partial charge on any atom is -0.465 e. The number of nitrogens with zero attached hydrogens (tertiary/aromatic N) is 5. The van der Waals surface area contributed by atoms with Crippen molar-refractivity contribution in [1.29, 1.82) is 0 Å². The van der Waals surface area contributed by atoms with Crippen LogP contribution in [0.5, 0.6) is 5.75 Å². The average Bonchev–Trinajstić information content (AvgIpc) is 3.45. The van der Waals surface area contributed by atoms with Gasteiger partial charge in [0.1, 0.15) is 23.0 Å². The Balaban J connectivity index is 1.47. The SMILES string of the molecule is CCCCN(C(=O)O)C(C)Cc1ncc(-c2cn3c4c(nc3cc2F)[C@H](O)C[C@@H]4c2ccccc2OC(F)F)cn1. The number of aliphatic hydroxyl groups is 1. The van der Waals surface area contributed by atoms with Gasteiger partial charge in [-0.25, -0.2) is 24.1 Å². The zero-order valence-electron chi connectivity index (χ0n) is 22.5. The number of fused-ring (bicyclic) bond motifs is 3. The molecule has 1 amide bonds. The molecule has 0 saturated carbocycles. The van der Waals surface area contributed by atoms with E-state index >= 15 is 4.39 Å². The van der Waals surface area contributed by atoms with Crippen LogP contribution < -0.4 is 4.74 Å². The van der Waals surface area contributed by atoms with Crippen molar-refractivity contribution in [2.45, 2.75) is 64.2 Å². The lowest BCUT2D eigenvalue weighted by atomic mass is 9.95. The first-order valence-electron chi connectivity index (χ1n) is 13.4. The van der Waals surface area contributed by atoms with Crippen molar-refractivity contribution < 1.29 is 32.9 Å². The minimum absolute atomic E-state index is 0.000731. The molecular formula is C29H30F3N5O4. The summed E-state index contributed by atoms with van der Waals surface area (Å²) in [6.07, 6.45) is 4.65. The molecule has 0 saturated heterocycles. The number of benzene rings is 1. The summed E-state index contributed by atoms with van der Waals surface area (Å²) in [5.41, 5.74) is 2.22. The summed E-state index contributed by atoms with van der Waals surface area (Å²) in [4.78, 5) is 26.2. The van der Waals surface area contributed by atoms with E-state index in [1.165, 1.54) is 35.6 Å². The number of carboxylic acid groups (broad SMARTS) is 1. The number of aliphatic hydroxyl groups excluding tert-OH is 1. The summed E-state index contributed by atoms with van der Waals surface area (Å²) in [5, 5.41) is 20.3. The summed E-state index contributed by atoms with van der Waals surface area (Å²) in [6.45, 7) is 1.19. The van der Waals surface area contributed by atoms with Crippen LogP contribution in [0.4, 0.5) is 18.0 Å². The monoisotopic (exact) mass is 569 g/mol. The van der Waals surface area contributed by atoms with Crippen LogP contribution in [0.2, 0.25) is 0 Å². The molecular weight excluding hydrogens is 539 g/mol. The van der Waals surface area contributed by atoms with E-state index < -0.39 is 30.5 Å². The van der Waals surface area contributed by atoms with Crippen LogP contribution in [-0.4, -0.2) is 59.8 Å². The minimum atomic E-state index is -3.01. The number of halogens is 3. The van der Waals surface area contributed by atoms with Crippen LogP contribution in [-0.2, 0) is 6.42 Å². The highest BCUT2D eigenvalue weighted by Crippen LogP contribution is 2.47. The predicted octanol–water partition coefficient (Wildman–Crippen LogP) is 5.81. The smallest absolute Gasteiger partial charge is 0.407 e. The molecule has 0 aliphatic heterocycles. The van der Waals surface area contributed by atoms with E-state index in [1.54, 1.807) is 29.5 Å². The van der Waals surface area contributed by atoms with Gasteiger partial charge in [-0.3, -0.25) is 0 Å². The molecule has 1 unspecified atom stereocenters. The Bertz CT molecular complexity index is 1550. The fourth-order valence-corrected chi connectivity index (χ4v) is 5.40. The number of hydrogen-bond donors (Lipinski definition) is 2. The topological polar surface area (TPSA) is 113 Å². The van der Waals surface area contributed by atoms with Crippen molar-refractivity contribution in [2.75, 3.05) is 6.54 Å². The van der Waals surface area contributed by atoms with E-state index in [2.05, 4.69) is 15.0 Å². The molecule has 0 radical (unpaired) electrons. The highest BCUT2D eigenvalue weighted by atomic mass is 19.3. The van der Waals surface area contributed by atoms with Gasteiger partial charge in [0.15, 0.2) is 0 Å². The lowest BCUT2D eigenvalue weighted by Gasteiger charge is -2.25. The number of carbonyl (C=O) groups is 1. The van der Waals surface area contributed by atoms with E-state index in [-0.39, 0.29) is 29.4 Å². The molecule has 4 aromatic rings. The van der Waals surface area contributed by atoms with Gasteiger partial charge in [-0.2, -0.15) is 8.78 Å². The second-order valence-corrected chi connectivity index (χ2v) is 10.1. The zero-order valence-corrected chi connectivity index (χ0v) is 22.5. The number of unbranched alkanes of at least 4 members (excludes halogenated alkanes) is 1. The Morgan fingerprint density at radius 3 is 2.66 bits per heavy atom. The van der Waals surface area contributed by atoms with E-state index in [4.69, 9.17) is 4.74 Å². The van der Waals surface area contributed by atoms with E-state index in [0.29, 0.717) is 41.3 Å². The first-order valence-corrected chi connectivity index (χ1v) is 13.4. The molecule has 41 heavy (non-hydrogen) atoms. The van der Waals surface area contributed by atoms with Crippen LogP contribution in [0.1, 0.15) is 67.9 Å². The first kappa shape index (κ1) is 28.3. The number of pyridine rings is 1. The van der Waals surface area contributed by atoms with E-state index in [9.17, 15) is 23.8 Å². The third kappa shape index (κ3) is 5.69. The quantitative estimate of drug-likeness (QED) is 0.248. The molecule has 5 rings (SSSR count). The molecule has 1 aliphatic carbocycles. The van der Waals surface area contributed by atoms with Gasteiger partial charge in [0.05, 0.1) is 17.5 Å². The van der Waals surface area contributed by atoms with Crippen LogP contribution >= 0.6 is 0 Å². The fraction of sp³-hybridized carbons (Fsp3) is 0.379. The summed E-state index contributed by atoms with van der Waals surface area (Å²) >= 11 is 0. The summed E-state index contributed by atoms with van der Waals surface area (Å²) in [6, 6.07) is 7.30. The van der Waals surface area contributed by atoms with Crippen LogP contribution in [0, 0.1) is 5.82 Å². The van der Waals surface area contributed by atoms with Crippen molar-refractivity contribution >= 4 is 11.7 Å². The number of imidazole rings is 1. The molecule has 9 nitrogen and oxygen atoms in total. The maximum atomic E-state index is 15.3. The number of rotatable bonds is 10. The number of amides is 1. The Morgan fingerprint density at radius 1 is 1.24 bits per heavy atom. The molecule has 3 atom stereocenters. The fourth-order valence-electron chi connectivity index (χ4n) is 5.40. The molecule has 216 valence electrons. The van der Waals surface area contributed by atoms with Gasteiger partial charge in [0.25, 0.3) is 0 Å². The predicted molar refractivity (Wildman–Crippen MR) is 143 cm³/mol. The molecule has 0 spiro atoms. The molecule has 12 heteroatoms. The summed E-state index contributed by atoms with van der Waals surface area (Å²) < 4.78 is 47.8. The Morgan fingerprint density at radius 2 is 1.98 bits per heavy atom. The van der Waals surface area contributed by atoms with Gasteiger partial charge >= 0.3 is 12.7 Å². The van der Waals surface area contributed by atoms with Crippen molar-refractivity contribution in [2.24, 2.45) is 0 Å². The van der Waals surface area contributed by atoms with Crippen molar-refractivity contribution in [3.8, 4) is 16.9 Å². The van der Waals surface area contributed by atoms with Crippen molar-refractivity contribution in [3.05, 3.63) is 77.5 Å². The Labute approximate surface area is 234 Å². The Kier molecular flexibility index (Phi) is 8.11. The van der Waals surface area contributed by atoms with Crippen LogP contribution in [0.3, 0.4) is 0 Å². The van der Waals surface area contributed by atoms with Gasteiger partial charge in [-0.05, 0) is 25.8 Å². The zero-order chi connectivity index (χ0) is 29.3. The van der Waals surface area contributed by atoms with E-state index in [1.807, 2.05) is 6.92 Å². The summed E-state index contributed by atoms with van der Waals surface area (Å²) in [7, 11) is 0. The van der Waals surface area contributed by atoms with Gasteiger partial charge < -0.3 is 24.3 Å². The molecule has 0 fully saturated rings. The standard InChI is InChI=1S/C29H30F3N5O4/c1-3-4-9-36(29(39)40)16(2)10-24-33-13-17(14-34-24)20-15-37-25(12-21(20)30)35-26-22(38)11-19(27(26)37)18-7-5-6-8-23(18)41-28(31)32/h5-8,12-16,19,22,28,38H,3-4,9-11H2,1-2H3,(H,39,40)/t16?,19-,22-/m1/s1. The lowest BCUT2D eigenvalue weighted by Crippen LogP contribution is -2.39. The van der Waals surface area contributed by atoms with Gasteiger partial charge in [-0.1, -0.05) is 31.5 Å². The van der Waals surface area contributed by atoms with Crippen LogP contribution in [0.15, 0.2) is 48.9 Å². The number of alkyl halides is 2. The second-order valence-electron chi connectivity index (χ2n) is 10.1. The molecule has 0 bridgehead atoms. The summed E-state index contributed by atoms with van der Waals surface area (Å²) in [5.74, 6) is -0.671. The average molecular weight is 570 g/mol. The van der Waals surface area contributed by atoms with Crippen LogP contribution in [0.25, 0.3) is 16.8 Å². The molecule has 1 aromatic carbocycles. The largest absolute Gasteiger partial charge is 0.465 e. The molecule has 3 aromatic heterocycles. The highest BCUT2D eigenvalue weighted by Gasteiger charge is 2.37. The molecule has 3 heterocycles. The first-order chi connectivity index (χ1) is 19.7. The third-order valence-electron chi connectivity index (χ3n) is 7.41. The lowest BCUT2D eigenvalue weighted by molar-refractivity contribution is -0.0506. The van der Waals surface area contributed by atoms with Gasteiger partial charge in [0, 0.05) is 66.3 Å². The number of hydrogen-bond acceptors (Lipinski definition) is 6. The van der Waals surface area contributed by atoms with Gasteiger partial charge in [0.2, 0.25) is 0 Å². The van der Waals surface area contributed by atoms with E-state index in [0.717, 1.165) is 12.8 Å². The normalized spacial score (nSPS) is 17.1. The maximum absolute atomic E-state index is 15.3. The van der Waals surface area contributed by atoms with Gasteiger partial charge in [-0.15, -0.1) is 0 Å². The van der Waals surface area contributed by atoms with Crippen molar-refractivity contribution in [3.63, 3.8) is 0 Å².